The fourth-order valence-electron chi connectivity index (χ4n) is 6.10. The Morgan fingerprint density at radius 2 is 1.44 bits per heavy atom. The largest absolute Gasteiger partial charge is 0.395 e. The van der Waals surface area contributed by atoms with E-state index in [1.165, 1.54) is 88.5 Å². The number of likely N-dealkylation sites (tertiary alicyclic amines) is 1. The number of hydrogen-bond acceptors (Lipinski definition) is 6. The van der Waals surface area contributed by atoms with Gasteiger partial charge in [-0.1, -0.05) is 96.8 Å². The highest BCUT2D eigenvalue weighted by Gasteiger charge is 2.27. The lowest BCUT2D eigenvalue weighted by molar-refractivity contribution is -0.174. The van der Waals surface area contributed by atoms with Crippen molar-refractivity contribution >= 4 is 12.4 Å². The molecule has 1 aliphatic rings. The molecule has 0 bridgehead atoms. The van der Waals surface area contributed by atoms with Crippen molar-refractivity contribution in [2.24, 2.45) is 0 Å². The van der Waals surface area contributed by atoms with Crippen molar-refractivity contribution in [3.8, 4) is 0 Å². The van der Waals surface area contributed by atoms with Crippen LogP contribution in [0.4, 0.5) is 4.79 Å². The summed E-state index contributed by atoms with van der Waals surface area (Å²) in [6.07, 6.45) is 25.2. The summed E-state index contributed by atoms with van der Waals surface area (Å²) in [6, 6.07) is 0.327. The number of nitrogens with zero attached hydrogens (tertiary/aromatic N) is 3. The van der Waals surface area contributed by atoms with E-state index in [0.717, 1.165) is 38.6 Å². The Morgan fingerprint density at radius 3 is 2.00 bits per heavy atom. The van der Waals surface area contributed by atoms with Gasteiger partial charge >= 0.3 is 6.03 Å². The van der Waals surface area contributed by atoms with Crippen molar-refractivity contribution < 1.29 is 24.6 Å². The average Bonchev–Trinajstić information content (AvgIpc) is 3.00. The van der Waals surface area contributed by atoms with Gasteiger partial charge in [0.25, 0.3) is 0 Å². The third-order valence-electron chi connectivity index (χ3n) is 8.76. The molecule has 0 aromatic heterocycles. The maximum absolute atomic E-state index is 13.1. The SMILES string of the molecule is CCCCCCCCCCCCCCCCC(C)NC(=O)N1CCCCC1CCON(C=O)CCCN(CCO)CCO. The van der Waals surface area contributed by atoms with E-state index in [2.05, 4.69) is 19.2 Å². The molecule has 2 atom stereocenters. The van der Waals surface area contributed by atoms with Crippen molar-refractivity contribution in [1.29, 1.82) is 0 Å². The number of piperidine rings is 1. The molecule has 9 heteroatoms. The zero-order valence-electron chi connectivity index (χ0n) is 28.0. The van der Waals surface area contributed by atoms with Gasteiger partial charge in [0, 0.05) is 44.8 Å². The Morgan fingerprint density at radius 1 is 0.860 bits per heavy atom. The first-order chi connectivity index (χ1) is 21.0. The van der Waals surface area contributed by atoms with Crippen LogP contribution in [0, 0.1) is 0 Å². The number of rotatable bonds is 29. The second kappa shape index (κ2) is 28.1. The zero-order valence-corrected chi connectivity index (χ0v) is 28.0. The monoisotopic (exact) mass is 613 g/mol. The molecule has 0 spiro atoms. The Labute approximate surface area is 264 Å². The zero-order chi connectivity index (χ0) is 31.4. The molecule has 254 valence electrons. The normalized spacial score (nSPS) is 16.0. The first-order valence-electron chi connectivity index (χ1n) is 17.9. The number of urea groups is 1. The summed E-state index contributed by atoms with van der Waals surface area (Å²) in [6.45, 7) is 7.75. The Balaban J connectivity index is 2.17. The Kier molecular flexibility index (Phi) is 25.9. The third-order valence-corrected chi connectivity index (χ3v) is 8.76. The van der Waals surface area contributed by atoms with Crippen molar-refractivity contribution in [3.05, 3.63) is 0 Å². The lowest BCUT2D eigenvalue weighted by atomic mass is 10.00. The molecule has 0 saturated carbocycles. The molecule has 0 aliphatic carbocycles. The van der Waals surface area contributed by atoms with Crippen LogP contribution < -0.4 is 5.32 Å². The Hall–Kier alpha value is -1.42. The second-order valence-corrected chi connectivity index (χ2v) is 12.6. The minimum atomic E-state index is 0.0302. The summed E-state index contributed by atoms with van der Waals surface area (Å²) in [4.78, 5) is 34.2. The number of nitrogens with one attached hydrogen (secondary N) is 1. The minimum absolute atomic E-state index is 0.0302. The molecule has 1 saturated heterocycles. The summed E-state index contributed by atoms with van der Waals surface area (Å²) in [5, 5.41) is 22.8. The molecular weight excluding hydrogens is 544 g/mol. The highest BCUT2D eigenvalue weighted by molar-refractivity contribution is 5.75. The fourth-order valence-corrected chi connectivity index (χ4v) is 6.10. The second-order valence-electron chi connectivity index (χ2n) is 12.6. The van der Waals surface area contributed by atoms with Gasteiger partial charge in [-0.3, -0.25) is 14.5 Å². The molecule has 43 heavy (non-hydrogen) atoms. The number of aliphatic hydroxyl groups is 2. The number of carbonyl (C=O) groups excluding carboxylic acids is 2. The molecule has 0 radical (unpaired) electrons. The molecule has 0 aromatic rings. The molecule has 2 unspecified atom stereocenters. The minimum Gasteiger partial charge on any atom is -0.395 e. The summed E-state index contributed by atoms with van der Waals surface area (Å²) in [5.74, 6) is 0. The van der Waals surface area contributed by atoms with E-state index in [1.807, 2.05) is 9.80 Å². The van der Waals surface area contributed by atoms with Crippen LogP contribution in [0.2, 0.25) is 0 Å². The van der Waals surface area contributed by atoms with Crippen molar-refractivity contribution in [2.45, 2.75) is 154 Å². The van der Waals surface area contributed by atoms with E-state index >= 15 is 0 Å². The lowest BCUT2D eigenvalue weighted by Crippen LogP contribution is -2.51. The molecule has 1 rings (SSSR count). The van der Waals surface area contributed by atoms with E-state index in [9.17, 15) is 9.59 Å². The van der Waals surface area contributed by atoms with Crippen molar-refractivity contribution in [1.82, 2.24) is 20.2 Å². The van der Waals surface area contributed by atoms with Gasteiger partial charge < -0.3 is 20.4 Å². The molecule has 1 fully saturated rings. The summed E-state index contributed by atoms with van der Waals surface area (Å²) < 4.78 is 0. The van der Waals surface area contributed by atoms with Gasteiger partial charge in [0.1, 0.15) is 0 Å². The molecule has 9 nitrogen and oxygen atoms in total. The van der Waals surface area contributed by atoms with E-state index in [1.54, 1.807) is 0 Å². The van der Waals surface area contributed by atoms with Gasteiger partial charge in [-0.2, -0.15) is 0 Å². The first-order valence-corrected chi connectivity index (χ1v) is 17.9. The number of unbranched alkanes of at least 4 members (excludes halogenated alkanes) is 13. The van der Waals surface area contributed by atoms with Gasteiger partial charge in [-0.25, -0.2) is 9.86 Å². The van der Waals surface area contributed by atoms with Gasteiger partial charge in [0.05, 0.1) is 19.8 Å². The highest BCUT2D eigenvalue weighted by Crippen LogP contribution is 2.21. The predicted octanol–water partition coefficient (Wildman–Crippen LogP) is 6.27. The first kappa shape index (κ1) is 39.6. The maximum atomic E-state index is 13.1. The van der Waals surface area contributed by atoms with Crippen LogP contribution in [0.5, 0.6) is 0 Å². The number of hydroxylamine groups is 2. The van der Waals surface area contributed by atoms with Crippen LogP contribution in [0.15, 0.2) is 0 Å². The van der Waals surface area contributed by atoms with Gasteiger partial charge in [0.2, 0.25) is 6.41 Å². The van der Waals surface area contributed by atoms with Crippen LogP contribution in [0.25, 0.3) is 0 Å². The summed E-state index contributed by atoms with van der Waals surface area (Å²) >= 11 is 0. The van der Waals surface area contributed by atoms with Gasteiger partial charge in [-0.15, -0.1) is 0 Å². The molecule has 0 aromatic carbocycles. The topological polar surface area (TPSA) is 106 Å². The predicted molar refractivity (Wildman–Crippen MR) is 176 cm³/mol. The van der Waals surface area contributed by atoms with Crippen LogP contribution in [0.3, 0.4) is 0 Å². The molecule has 3 amide bonds. The number of aliphatic hydroxyl groups excluding tert-OH is 2. The maximum Gasteiger partial charge on any atom is 0.317 e. The van der Waals surface area contributed by atoms with E-state index in [-0.39, 0.29) is 31.3 Å². The summed E-state index contributed by atoms with van der Waals surface area (Å²) in [7, 11) is 0. The highest BCUT2D eigenvalue weighted by atomic mass is 16.7. The molecule has 3 N–H and O–H groups in total. The lowest BCUT2D eigenvalue weighted by Gasteiger charge is -2.36. The molecular formula is C34H68N4O5. The van der Waals surface area contributed by atoms with Gasteiger partial charge in [0.15, 0.2) is 0 Å². The van der Waals surface area contributed by atoms with Crippen LogP contribution in [0.1, 0.15) is 142 Å². The van der Waals surface area contributed by atoms with E-state index < -0.39 is 0 Å². The molecule has 1 aliphatic heterocycles. The standard InChI is InChI=1S/C34H68N4O5/c1-3-4-5-6-7-8-9-10-11-12-13-14-15-16-20-32(2)35-34(42)38-25-18-17-21-33(38)22-30-43-37(31-41)24-19-23-36(26-28-39)27-29-40/h31-33,39-40H,3-30H2,1-2H3,(H,35,42). The van der Waals surface area contributed by atoms with Crippen LogP contribution >= 0.6 is 0 Å². The number of carbonyl (C=O) groups is 2. The van der Waals surface area contributed by atoms with E-state index in [4.69, 9.17) is 15.1 Å². The molecule has 1 heterocycles. The smallest absolute Gasteiger partial charge is 0.317 e. The summed E-state index contributed by atoms with van der Waals surface area (Å²) in [5.41, 5.74) is 0. The van der Waals surface area contributed by atoms with Crippen molar-refractivity contribution in [3.63, 3.8) is 0 Å². The quantitative estimate of drug-likeness (QED) is 0.0523. The number of amides is 3. The fraction of sp³-hybridized carbons (Fsp3) is 0.941. The van der Waals surface area contributed by atoms with E-state index in [0.29, 0.717) is 52.0 Å². The van der Waals surface area contributed by atoms with Crippen LogP contribution in [-0.4, -0.2) is 102 Å². The van der Waals surface area contributed by atoms with Crippen molar-refractivity contribution in [2.75, 3.05) is 52.5 Å². The average molecular weight is 613 g/mol. The number of hydrogen-bond donors (Lipinski definition) is 3. The third kappa shape index (κ3) is 21.0. The van der Waals surface area contributed by atoms with Gasteiger partial charge in [-0.05, 0) is 45.4 Å². The van der Waals surface area contributed by atoms with Crippen LogP contribution in [-0.2, 0) is 9.63 Å². The Bertz CT molecular complexity index is 650.